The maximum Gasteiger partial charge on any atom is 0.124 e. The Balaban J connectivity index is 2.25. The van der Waals surface area contributed by atoms with E-state index in [1.54, 1.807) is 6.20 Å². The van der Waals surface area contributed by atoms with Gasteiger partial charge in [0.25, 0.3) is 0 Å². The molecule has 5 heteroatoms. The van der Waals surface area contributed by atoms with Crippen LogP contribution in [0.4, 0.5) is 0 Å². The first-order valence-electron chi connectivity index (χ1n) is 5.66. The zero-order valence-electron chi connectivity index (χ0n) is 9.76. The monoisotopic (exact) mass is 232 g/mol. The van der Waals surface area contributed by atoms with Crippen LogP contribution in [0.1, 0.15) is 30.6 Å². The number of rotatable bonds is 5. The van der Waals surface area contributed by atoms with Crippen LogP contribution in [0.5, 0.6) is 5.75 Å². The number of nitrogens with one attached hydrogen (secondary N) is 1. The second kappa shape index (κ2) is 5.45. The molecular weight excluding hydrogens is 216 g/mol. The van der Waals surface area contributed by atoms with Crippen LogP contribution in [-0.2, 0) is 0 Å². The van der Waals surface area contributed by atoms with Crippen LogP contribution in [0.2, 0.25) is 0 Å². The summed E-state index contributed by atoms with van der Waals surface area (Å²) in [5, 5.41) is 10.3. The van der Waals surface area contributed by atoms with Gasteiger partial charge < -0.3 is 10.5 Å². The summed E-state index contributed by atoms with van der Waals surface area (Å²) < 4.78 is 5.67. The molecule has 2 rings (SSSR count). The summed E-state index contributed by atoms with van der Waals surface area (Å²) in [4.78, 5) is 0. The summed E-state index contributed by atoms with van der Waals surface area (Å²) in [6, 6.07) is 7.43. The standard InChI is InChI=1S/C12H16N4O/c1-2-7-17-11-6-4-3-5-9(11)12(13)10-8-14-16-15-10/h3-6,8,12H,2,7,13H2,1H3,(H,14,15,16). The molecular formula is C12H16N4O. The normalized spacial score (nSPS) is 12.4. The number of aromatic amines is 1. The van der Waals surface area contributed by atoms with Crippen molar-refractivity contribution in [1.29, 1.82) is 0 Å². The molecule has 1 atom stereocenters. The molecule has 3 N–H and O–H groups in total. The van der Waals surface area contributed by atoms with Gasteiger partial charge in [-0.25, -0.2) is 0 Å². The Kier molecular flexibility index (Phi) is 3.72. The van der Waals surface area contributed by atoms with E-state index in [2.05, 4.69) is 22.3 Å². The van der Waals surface area contributed by atoms with Crippen molar-refractivity contribution < 1.29 is 4.74 Å². The van der Waals surface area contributed by atoms with Crippen molar-refractivity contribution in [3.8, 4) is 5.75 Å². The van der Waals surface area contributed by atoms with E-state index >= 15 is 0 Å². The molecule has 5 nitrogen and oxygen atoms in total. The molecule has 0 bridgehead atoms. The lowest BCUT2D eigenvalue weighted by Crippen LogP contribution is -2.14. The molecule has 0 saturated carbocycles. The van der Waals surface area contributed by atoms with Gasteiger partial charge in [-0.05, 0) is 12.5 Å². The van der Waals surface area contributed by atoms with Gasteiger partial charge in [0.15, 0.2) is 0 Å². The molecule has 0 radical (unpaired) electrons. The fraction of sp³-hybridized carbons (Fsp3) is 0.333. The molecule has 0 aliphatic carbocycles. The molecule has 0 fully saturated rings. The number of ether oxygens (including phenoxy) is 1. The molecule has 1 unspecified atom stereocenters. The molecule has 1 heterocycles. The van der Waals surface area contributed by atoms with Gasteiger partial charge in [-0.3, -0.25) is 0 Å². The summed E-state index contributed by atoms with van der Waals surface area (Å²) in [6.45, 7) is 2.75. The molecule has 17 heavy (non-hydrogen) atoms. The zero-order chi connectivity index (χ0) is 12.1. The molecule has 2 aromatic rings. The van der Waals surface area contributed by atoms with Crippen LogP contribution in [0, 0.1) is 0 Å². The second-order valence-electron chi connectivity index (χ2n) is 3.76. The Hall–Kier alpha value is -1.88. The van der Waals surface area contributed by atoms with Gasteiger partial charge in [0.05, 0.1) is 18.8 Å². The first-order chi connectivity index (χ1) is 8.33. The van der Waals surface area contributed by atoms with Crippen molar-refractivity contribution in [1.82, 2.24) is 15.4 Å². The molecule has 1 aromatic heterocycles. The average molecular weight is 232 g/mol. The number of hydrogen-bond donors (Lipinski definition) is 2. The largest absolute Gasteiger partial charge is 0.493 e. The molecule has 0 aliphatic heterocycles. The number of H-pyrrole nitrogens is 1. The zero-order valence-corrected chi connectivity index (χ0v) is 9.76. The molecule has 0 spiro atoms. The molecule has 0 saturated heterocycles. The Morgan fingerprint density at radius 2 is 2.24 bits per heavy atom. The van der Waals surface area contributed by atoms with Crippen LogP contribution in [0.25, 0.3) is 0 Å². The third-order valence-corrected chi connectivity index (χ3v) is 2.47. The Bertz CT molecular complexity index is 455. The van der Waals surface area contributed by atoms with E-state index in [0.717, 1.165) is 17.7 Å². The van der Waals surface area contributed by atoms with Gasteiger partial charge in [-0.2, -0.15) is 15.4 Å². The fourth-order valence-corrected chi connectivity index (χ4v) is 1.60. The maximum atomic E-state index is 6.13. The summed E-state index contributed by atoms with van der Waals surface area (Å²) in [5.74, 6) is 0.810. The maximum absolute atomic E-state index is 6.13. The topological polar surface area (TPSA) is 76.8 Å². The van der Waals surface area contributed by atoms with Crippen LogP contribution in [0.15, 0.2) is 30.5 Å². The molecule has 0 amide bonds. The number of benzene rings is 1. The van der Waals surface area contributed by atoms with Crippen molar-refractivity contribution in [3.63, 3.8) is 0 Å². The van der Waals surface area contributed by atoms with Crippen molar-refractivity contribution in [2.45, 2.75) is 19.4 Å². The van der Waals surface area contributed by atoms with Crippen molar-refractivity contribution in [3.05, 3.63) is 41.7 Å². The number of aromatic nitrogens is 3. The average Bonchev–Trinajstić information content (AvgIpc) is 2.89. The number of nitrogens with two attached hydrogens (primary N) is 1. The molecule has 1 aromatic carbocycles. The first kappa shape index (κ1) is 11.6. The third-order valence-electron chi connectivity index (χ3n) is 2.47. The predicted molar refractivity (Wildman–Crippen MR) is 64.6 cm³/mol. The fourth-order valence-electron chi connectivity index (χ4n) is 1.60. The first-order valence-corrected chi connectivity index (χ1v) is 5.66. The Morgan fingerprint density at radius 3 is 2.94 bits per heavy atom. The van der Waals surface area contributed by atoms with Crippen molar-refractivity contribution >= 4 is 0 Å². The van der Waals surface area contributed by atoms with Crippen molar-refractivity contribution in [2.75, 3.05) is 6.61 Å². The van der Waals surface area contributed by atoms with E-state index in [-0.39, 0.29) is 6.04 Å². The summed E-state index contributed by atoms with van der Waals surface area (Å²) in [5.41, 5.74) is 7.76. The lowest BCUT2D eigenvalue weighted by atomic mass is 10.0. The highest BCUT2D eigenvalue weighted by atomic mass is 16.5. The Morgan fingerprint density at radius 1 is 1.41 bits per heavy atom. The van der Waals surface area contributed by atoms with Gasteiger partial charge in [-0.1, -0.05) is 25.1 Å². The highest BCUT2D eigenvalue weighted by molar-refractivity contribution is 5.39. The Labute approximate surface area is 100.0 Å². The minimum absolute atomic E-state index is 0.318. The molecule has 90 valence electrons. The van der Waals surface area contributed by atoms with Gasteiger partial charge in [-0.15, -0.1) is 0 Å². The van der Waals surface area contributed by atoms with Crippen molar-refractivity contribution in [2.24, 2.45) is 5.73 Å². The van der Waals surface area contributed by atoms with Crippen LogP contribution < -0.4 is 10.5 Å². The van der Waals surface area contributed by atoms with E-state index < -0.39 is 0 Å². The third kappa shape index (κ3) is 2.62. The number of hydrogen-bond acceptors (Lipinski definition) is 4. The lowest BCUT2D eigenvalue weighted by molar-refractivity contribution is 0.313. The number of para-hydroxylation sites is 1. The van der Waals surface area contributed by atoms with E-state index in [4.69, 9.17) is 10.5 Å². The number of nitrogens with zero attached hydrogens (tertiary/aromatic N) is 2. The summed E-state index contributed by atoms with van der Waals surface area (Å²) in [7, 11) is 0. The minimum Gasteiger partial charge on any atom is -0.493 e. The smallest absolute Gasteiger partial charge is 0.124 e. The summed E-state index contributed by atoms with van der Waals surface area (Å²) >= 11 is 0. The van der Waals surface area contributed by atoms with Gasteiger partial charge >= 0.3 is 0 Å². The van der Waals surface area contributed by atoms with E-state index in [9.17, 15) is 0 Å². The predicted octanol–water partition coefficient (Wildman–Crippen LogP) is 1.64. The SMILES string of the molecule is CCCOc1ccccc1C(N)c1cn[nH]n1. The van der Waals surface area contributed by atoms with Crippen LogP contribution in [-0.4, -0.2) is 22.0 Å². The van der Waals surface area contributed by atoms with E-state index in [1.807, 2.05) is 24.3 Å². The lowest BCUT2D eigenvalue weighted by Gasteiger charge is -2.14. The van der Waals surface area contributed by atoms with Crippen LogP contribution >= 0.6 is 0 Å². The second-order valence-corrected chi connectivity index (χ2v) is 3.76. The van der Waals surface area contributed by atoms with Gasteiger partial charge in [0.1, 0.15) is 11.4 Å². The van der Waals surface area contributed by atoms with Crippen LogP contribution in [0.3, 0.4) is 0 Å². The van der Waals surface area contributed by atoms with Gasteiger partial charge in [0.2, 0.25) is 0 Å². The quantitative estimate of drug-likeness (QED) is 0.821. The highest BCUT2D eigenvalue weighted by Gasteiger charge is 2.15. The summed E-state index contributed by atoms with van der Waals surface area (Å²) in [6.07, 6.45) is 2.59. The molecule has 0 aliphatic rings. The highest BCUT2D eigenvalue weighted by Crippen LogP contribution is 2.26. The minimum atomic E-state index is -0.318. The van der Waals surface area contributed by atoms with Gasteiger partial charge in [0, 0.05) is 5.56 Å². The van der Waals surface area contributed by atoms with E-state index in [1.165, 1.54) is 0 Å². The van der Waals surface area contributed by atoms with E-state index in [0.29, 0.717) is 12.3 Å².